The maximum atomic E-state index is 9.75. The van der Waals surface area contributed by atoms with Gasteiger partial charge in [0.1, 0.15) is 0 Å². The Morgan fingerprint density at radius 3 is 3.00 bits per heavy atom. The number of aliphatic hydroxyl groups is 1. The highest BCUT2D eigenvalue weighted by Gasteiger charge is 2.24. The average Bonchev–Trinajstić information content (AvgIpc) is 2.58. The molecule has 1 saturated heterocycles. The summed E-state index contributed by atoms with van der Waals surface area (Å²) in [4.78, 5) is 2.23. The van der Waals surface area contributed by atoms with Gasteiger partial charge in [0.05, 0.1) is 11.8 Å². The Morgan fingerprint density at radius 1 is 1.60 bits per heavy atom. The van der Waals surface area contributed by atoms with Crippen LogP contribution in [0.15, 0.2) is 6.20 Å². The van der Waals surface area contributed by atoms with Crippen LogP contribution in [0.4, 0.5) is 0 Å². The van der Waals surface area contributed by atoms with Crippen LogP contribution in [-0.2, 0) is 13.6 Å². The quantitative estimate of drug-likeness (QED) is 0.747. The number of hydrogen-bond acceptors (Lipinski definition) is 4. The Kier molecular flexibility index (Phi) is 3.02. The zero-order valence-electron chi connectivity index (χ0n) is 9.30. The molecule has 5 nitrogen and oxygen atoms in total. The van der Waals surface area contributed by atoms with Gasteiger partial charge in [0.25, 0.3) is 0 Å². The molecular weight excluding hydrogens is 192 g/mol. The number of piperidine rings is 1. The van der Waals surface area contributed by atoms with Crippen LogP contribution < -0.4 is 0 Å². The van der Waals surface area contributed by atoms with Crippen LogP contribution in [0.3, 0.4) is 0 Å². The predicted molar refractivity (Wildman–Crippen MR) is 56.1 cm³/mol. The maximum Gasteiger partial charge on any atom is 0.0967 e. The fourth-order valence-corrected chi connectivity index (χ4v) is 1.95. The molecule has 2 heterocycles. The van der Waals surface area contributed by atoms with Gasteiger partial charge in [0.15, 0.2) is 0 Å². The van der Waals surface area contributed by atoms with E-state index in [1.165, 1.54) is 0 Å². The van der Waals surface area contributed by atoms with E-state index in [0.717, 1.165) is 31.7 Å². The second-order valence-corrected chi connectivity index (χ2v) is 4.45. The van der Waals surface area contributed by atoms with Gasteiger partial charge in [-0.15, -0.1) is 5.10 Å². The number of rotatable bonds is 2. The summed E-state index contributed by atoms with van der Waals surface area (Å²) >= 11 is 0. The number of aromatic nitrogens is 3. The molecule has 5 heteroatoms. The Morgan fingerprint density at radius 2 is 2.40 bits per heavy atom. The zero-order chi connectivity index (χ0) is 10.8. The highest BCUT2D eigenvalue weighted by atomic mass is 16.3. The van der Waals surface area contributed by atoms with Gasteiger partial charge in [-0.05, 0) is 18.9 Å². The van der Waals surface area contributed by atoms with E-state index < -0.39 is 0 Å². The van der Waals surface area contributed by atoms with E-state index in [1.807, 2.05) is 13.2 Å². The Labute approximate surface area is 89.7 Å². The van der Waals surface area contributed by atoms with Crippen LogP contribution in [-0.4, -0.2) is 44.2 Å². The van der Waals surface area contributed by atoms with Crippen LogP contribution in [0.1, 0.15) is 19.0 Å². The summed E-state index contributed by atoms with van der Waals surface area (Å²) in [5, 5.41) is 17.7. The number of aliphatic hydroxyl groups excluding tert-OH is 1. The first-order valence-corrected chi connectivity index (χ1v) is 5.41. The van der Waals surface area contributed by atoms with Crippen LogP contribution >= 0.6 is 0 Å². The Bertz CT molecular complexity index is 325. The van der Waals surface area contributed by atoms with Crippen molar-refractivity contribution in [2.75, 3.05) is 13.1 Å². The molecule has 0 radical (unpaired) electrons. The third kappa shape index (κ3) is 2.54. The van der Waals surface area contributed by atoms with Crippen molar-refractivity contribution >= 4 is 0 Å². The molecule has 1 aliphatic heterocycles. The van der Waals surface area contributed by atoms with Crippen molar-refractivity contribution in [3.8, 4) is 0 Å². The SMILES string of the molecule is CC1CCN(Cc2cn(C)nn2)CC1O. The average molecular weight is 210 g/mol. The van der Waals surface area contributed by atoms with Crippen molar-refractivity contribution in [2.45, 2.75) is 26.0 Å². The lowest BCUT2D eigenvalue weighted by Crippen LogP contribution is -2.42. The van der Waals surface area contributed by atoms with E-state index in [2.05, 4.69) is 22.1 Å². The first-order valence-electron chi connectivity index (χ1n) is 5.41. The molecule has 2 unspecified atom stereocenters. The van der Waals surface area contributed by atoms with E-state index in [4.69, 9.17) is 0 Å². The molecule has 1 aliphatic rings. The number of aryl methyl sites for hydroxylation is 1. The van der Waals surface area contributed by atoms with Crippen LogP contribution in [0.5, 0.6) is 0 Å². The monoisotopic (exact) mass is 210 g/mol. The summed E-state index contributed by atoms with van der Waals surface area (Å²) in [5.74, 6) is 0.420. The topological polar surface area (TPSA) is 54.2 Å². The molecule has 0 aromatic carbocycles. The summed E-state index contributed by atoms with van der Waals surface area (Å²) in [5.41, 5.74) is 0.972. The van der Waals surface area contributed by atoms with Gasteiger partial charge >= 0.3 is 0 Å². The van der Waals surface area contributed by atoms with Crippen LogP contribution in [0.2, 0.25) is 0 Å². The van der Waals surface area contributed by atoms with E-state index in [1.54, 1.807) is 4.68 Å². The molecule has 15 heavy (non-hydrogen) atoms. The molecule has 1 fully saturated rings. The van der Waals surface area contributed by atoms with Gasteiger partial charge in [-0.3, -0.25) is 9.58 Å². The van der Waals surface area contributed by atoms with Crippen LogP contribution in [0.25, 0.3) is 0 Å². The van der Waals surface area contributed by atoms with Gasteiger partial charge < -0.3 is 5.11 Å². The molecule has 0 spiro atoms. The van der Waals surface area contributed by atoms with Crippen molar-refractivity contribution in [2.24, 2.45) is 13.0 Å². The fraction of sp³-hybridized carbons (Fsp3) is 0.800. The van der Waals surface area contributed by atoms with Gasteiger partial charge in [0.2, 0.25) is 0 Å². The molecule has 84 valence electrons. The van der Waals surface area contributed by atoms with Crippen molar-refractivity contribution in [3.05, 3.63) is 11.9 Å². The standard InChI is InChI=1S/C10H18N4O/c1-8-3-4-14(7-10(8)15)6-9-5-13(2)12-11-9/h5,8,10,15H,3-4,6-7H2,1-2H3. The molecule has 0 bridgehead atoms. The normalized spacial score (nSPS) is 28.2. The molecule has 1 aromatic rings. The lowest BCUT2D eigenvalue weighted by atomic mass is 9.96. The minimum absolute atomic E-state index is 0.199. The second-order valence-electron chi connectivity index (χ2n) is 4.45. The first kappa shape index (κ1) is 10.6. The third-order valence-corrected chi connectivity index (χ3v) is 3.04. The smallest absolute Gasteiger partial charge is 0.0967 e. The number of likely N-dealkylation sites (tertiary alicyclic amines) is 1. The minimum Gasteiger partial charge on any atom is -0.392 e. The molecule has 2 rings (SSSR count). The summed E-state index contributed by atoms with van der Waals surface area (Å²) in [6.45, 7) is 4.68. The highest BCUT2D eigenvalue weighted by Crippen LogP contribution is 2.18. The van der Waals surface area contributed by atoms with Gasteiger partial charge in [-0.25, -0.2) is 0 Å². The minimum atomic E-state index is -0.199. The van der Waals surface area contributed by atoms with Crippen molar-refractivity contribution in [3.63, 3.8) is 0 Å². The van der Waals surface area contributed by atoms with E-state index in [0.29, 0.717) is 5.92 Å². The molecule has 0 amide bonds. The van der Waals surface area contributed by atoms with Crippen LogP contribution in [0, 0.1) is 5.92 Å². The molecule has 0 aliphatic carbocycles. The lowest BCUT2D eigenvalue weighted by molar-refractivity contribution is 0.0254. The third-order valence-electron chi connectivity index (χ3n) is 3.04. The summed E-state index contributed by atoms with van der Waals surface area (Å²) in [7, 11) is 1.86. The molecule has 1 aromatic heterocycles. The Balaban J connectivity index is 1.90. The molecular formula is C10H18N4O. The summed E-state index contributed by atoms with van der Waals surface area (Å²) in [6, 6.07) is 0. The first-order chi connectivity index (χ1) is 7.15. The number of hydrogen-bond donors (Lipinski definition) is 1. The van der Waals surface area contributed by atoms with E-state index in [-0.39, 0.29) is 6.10 Å². The summed E-state index contributed by atoms with van der Waals surface area (Å²) < 4.78 is 1.71. The number of β-amino-alcohol motifs (C(OH)–C–C–N with tert-alkyl or cyclic N) is 1. The Hall–Kier alpha value is -0.940. The van der Waals surface area contributed by atoms with Crippen molar-refractivity contribution in [1.29, 1.82) is 0 Å². The van der Waals surface area contributed by atoms with E-state index in [9.17, 15) is 5.11 Å². The van der Waals surface area contributed by atoms with Gasteiger partial charge in [0, 0.05) is 26.3 Å². The largest absolute Gasteiger partial charge is 0.392 e. The van der Waals surface area contributed by atoms with Gasteiger partial charge in [-0.2, -0.15) is 0 Å². The second kappa shape index (κ2) is 4.28. The highest BCUT2D eigenvalue weighted by molar-refractivity contribution is 4.93. The lowest BCUT2D eigenvalue weighted by Gasteiger charge is -2.33. The van der Waals surface area contributed by atoms with Gasteiger partial charge in [-0.1, -0.05) is 12.1 Å². The fourth-order valence-electron chi connectivity index (χ4n) is 1.95. The molecule has 2 atom stereocenters. The van der Waals surface area contributed by atoms with Crippen molar-refractivity contribution < 1.29 is 5.11 Å². The summed E-state index contributed by atoms with van der Waals surface area (Å²) in [6.07, 6.45) is 2.78. The molecule has 1 N–H and O–H groups in total. The zero-order valence-corrected chi connectivity index (χ0v) is 9.30. The van der Waals surface area contributed by atoms with E-state index >= 15 is 0 Å². The van der Waals surface area contributed by atoms with Crippen molar-refractivity contribution in [1.82, 2.24) is 19.9 Å². The predicted octanol–water partition coefficient (Wildman–Crippen LogP) is 0.0178. The number of nitrogens with zero attached hydrogens (tertiary/aromatic N) is 4. The molecule has 0 saturated carbocycles. The maximum absolute atomic E-state index is 9.75.